The summed E-state index contributed by atoms with van der Waals surface area (Å²) in [5.41, 5.74) is 1.03. The van der Waals surface area contributed by atoms with Gasteiger partial charge in [-0.1, -0.05) is 25.8 Å². The van der Waals surface area contributed by atoms with Crippen LogP contribution in [0.25, 0.3) is 11.5 Å². The third-order valence-electron chi connectivity index (χ3n) is 7.24. The quantitative estimate of drug-likeness (QED) is 0.635. The molecule has 0 radical (unpaired) electrons. The maximum atomic E-state index is 13.8. The van der Waals surface area contributed by atoms with Crippen LogP contribution in [0, 0.1) is 5.92 Å². The zero-order chi connectivity index (χ0) is 23.0. The fourth-order valence-corrected chi connectivity index (χ4v) is 5.17. The van der Waals surface area contributed by atoms with Crippen LogP contribution in [0.5, 0.6) is 0 Å². The first kappa shape index (κ1) is 21.5. The lowest BCUT2D eigenvalue weighted by Crippen LogP contribution is -2.65. The molecule has 2 aliphatic rings. The van der Waals surface area contributed by atoms with Crippen LogP contribution >= 0.6 is 0 Å². The Morgan fingerprint density at radius 3 is 2.70 bits per heavy atom. The van der Waals surface area contributed by atoms with Gasteiger partial charge < -0.3 is 19.2 Å². The van der Waals surface area contributed by atoms with Crippen molar-refractivity contribution in [1.82, 2.24) is 19.8 Å². The number of nitrogens with zero attached hydrogens (tertiary/aromatic N) is 3. The first-order chi connectivity index (χ1) is 16.0. The van der Waals surface area contributed by atoms with Gasteiger partial charge in [-0.05, 0) is 62.1 Å². The Morgan fingerprint density at radius 1 is 1.15 bits per heavy atom. The van der Waals surface area contributed by atoms with Crippen LogP contribution in [-0.2, 0) is 17.9 Å². The van der Waals surface area contributed by atoms with Crippen molar-refractivity contribution in [3.63, 3.8) is 0 Å². The zero-order valence-electron chi connectivity index (χ0n) is 19.2. The maximum Gasteiger partial charge on any atom is 0.271 e. The molecule has 1 aliphatic heterocycles. The standard InChI is InChI=1S/C26H30N4O3/c1-18-8-3-4-10-20(18)28-25(32)26(2)17-29-21(23-11-7-15-33-23)12-13-22(29)24(31)30(26)16-19-9-5-6-14-27-19/h5-7,9,11-15,18,20H,3-4,8,10,16-17H2,1-2H3,(H,28,32)/t18-,20+,26-/m1/s1. The Kier molecular flexibility index (Phi) is 5.56. The molecule has 4 heterocycles. The number of aromatic nitrogens is 2. The summed E-state index contributed by atoms with van der Waals surface area (Å²) in [6, 6.07) is 13.2. The van der Waals surface area contributed by atoms with Gasteiger partial charge in [-0.15, -0.1) is 0 Å². The predicted molar refractivity (Wildman–Crippen MR) is 124 cm³/mol. The van der Waals surface area contributed by atoms with Gasteiger partial charge in [0.05, 0.1) is 30.7 Å². The van der Waals surface area contributed by atoms with Crippen molar-refractivity contribution in [3.8, 4) is 11.5 Å². The van der Waals surface area contributed by atoms with E-state index in [0.29, 0.717) is 23.9 Å². The highest BCUT2D eigenvalue weighted by Crippen LogP contribution is 2.35. The second-order valence-corrected chi connectivity index (χ2v) is 9.50. The van der Waals surface area contributed by atoms with Crippen LogP contribution in [0.1, 0.15) is 55.7 Å². The molecule has 2 amide bonds. The molecule has 1 aliphatic carbocycles. The van der Waals surface area contributed by atoms with E-state index in [9.17, 15) is 9.59 Å². The van der Waals surface area contributed by atoms with Gasteiger partial charge in [0.2, 0.25) is 5.91 Å². The fourth-order valence-electron chi connectivity index (χ4n) is 5.17. The van der Waals surface area contributed by atoms with Crippen LogP contribution in [0.2, 0.25) is 0 Å². The van der Waals surface area contributed by atoms with Crippen molar-refractivity contribution < 1.29 is 14.0 Å². The van der Waals surface area contributed by atoms with Gasteiger partial charge in [0.25, 0.3) is 5.91 Å². The summed E-state index contributed by atoms with van der Waals surface area (Å²) in [6.45, 7) is 4.68. The number of pyridine rings is 1. The summed E-state index contributed by atoms with van der Waals surface area (Å²) in [5.74, 6) is 0.806. The molecule has 1 saturated carbocycles. The van der Waals surface area contributed by atoms with E-state index in [0.717, 1.165) is 30.7 Å². The first-order valence-corrected chi connectivity index (χ1v) is 11.7. The maximum absolute atomic E-state index is 13.8. The van der Waals surface area contributed by atoms with Crippen LogP contribution in [0.4, 0.5) is 0 Å². The Labute approximate surface area is 193 Å². The molecule has 172 valence electrons. The van der Waals surface area contributed by atoms with Gasteiger partial charge in [-0.2, -0.15) is 0 Å². The van der Waals surface area contributed by atoms with Gasteiger partial charge in [0.15, 0.2) is 0 Å². The van der Waals surface area contributed by atoms with E-state index in [1.54, 1.807) is 17.4 Å². The average Bonchev–Trinajstić information content (AvgIpc) is 3.49. The summed E-state index contributed by atoms with van der Waals surface area (Å²) >= 11 is 0. The summed E-state index contributed by atoms with van der Waals surface area (Å²) < 4.78 is 7.53. The molecule has 0 aromatic carbocycles. The third kappa shape index (κ3) is 3.86. The molecule has 0 saturated heterocycles. The highest BCUT2D eigenvalue weighted by molar-refractivity contribution is 6.00. The van der Waals surface area contributed by atoms with Gasteiger partial charge in [-0.3, -0.25) is 14.6 Å². The number of carbonyl (C=O) groups excluding carboxylic acids is 2. The number of hydrogen-bond acceptors (Lipinski definition) is 4. The number of amides is 2. The highest BCUT2D eigenvalue weighted by atomic mass is 16.3. The molecule has 3 aromatic rings. The number of rotatable bonds is 5. The first-order valence-electron chi connectivity index (χ1n) is 11.7. The number of hydrogen-bond donors (Lipinski definition) is 1. The minimum absolute atomic E-state index is 0.115. The zero-order valence-corrected chi connectivity index (χ0v) is 19.2. The van der Waals surface area contributed by atoms with E-state index in [-0.39, 0.29) is 24.4 Å². The Balaban J connectivity index is 1.53. The Bertz CT molecular complexity index is 1140. The minimum atomic E-state index is -1.07. The second kappa shape index (κ2) is 8.54. The molecule has 7 nitrogen and oxygen atoms in total. The van der Waals surface area contributed by atoms with E-state index in [2.05, 4.69) is 17.2 Å². The number of carbonyl (C=O) groups is 2. The van der Waals surface area contributed by atoms with Gasteiger partial charge >= 0.3 is 0 Å². The summed E-state index contributed by atoms with van der Waals surface area (Å²) in [6.07, 6.45) is 7.74. The van der Waals surface area contributed by atoms with Crippen LogP contribution in [-0.4, -0.2) is 37.8 Å². The molecule has 0 unspecified atom stereocenters. The molecule has 3 aromatic heterocycles. The number of furan rings is 1. The van der Waals surface area contributed by atoms with E-state index < -0.39 is 5.54 Å². The molecule has 1 N–H and O–H groups in total. The highest BCUT2D eigenvalue weighted by Gasteiger charge is 2.48. The van der Waals surface area contributed by atoms with E-state index in [1.807, 2.05) is 54.0 Å². The predicted octanol–water partition coefficient (Wildman–Crippen LogP) is 4.25. The lowest BCUT2D eigenvalue weighted by atomic mass is 9.85. The van der Waals surface area contributed by atoms with Gasteiger partial charge in [0, 0.05) is 12.2 Å². The van der Waals surface area contributed by atoms with Crippen LogP contribution in [0.15, 0.2) is 59.3 Å². The smallest absolute Gasteiger partial charge is 0.271 e. The summed E-state index contributed by atoms with van der Waals surface area (Å²) in [5, 5.41) is 3.30. The van der Waals surface area contributed by atoms with Crippen LogP contribution in [0.3, 0.4) is 0 Å². The number of nitrogens with one attached hydrogen (secondary N) is 1. The van der Waals surface area contributed by atoms with Gasteiger partial charge in [0.1, 0.15) is 17.0 Å². The molecule has 33 heavy (non-hydrogen) atoms. The normalized spacial score (nSPS) is 25.0. The molecular formula is C26H30N4O3. The SMILES string of the molecule is C[C@@H]1CCCC[C@@H]1NC(=O)[C@@]1(C)Cn2c(ccc2-c2ccco2)C(=O)N1Cc1ccccn1. The van der Waals surface area contributed by atoms with Crippen molar-refractivity contribution in [3.05, 3.63) is 66.3 Å². The van der Waals surface area contributed by atoms with Crippen molar-refractivity contribution in [2.75, 3.05) is 0 Å². The van der Waals surface area contributed by atoms with Crippen molar-refractivity contribution in [1.29, 1.82) is 0 Å². The Morgan fingerprint density at radius 2 is 1.97 bits per heavy atom. The molecular weight excluding hydrogens is 416 g/mol. The van der Waals surface area contributed by atoms with E-state index >= 15 is 0 Å². The largest absolute Gasteiger partial charge is 0.463 e. The summed E-state index contributed by atoms with van der Waals surface area (Å²) in [4.78, 5) is 33.7. The van der Waals surface area contributed by atoms with Crippen molar-refractivity contribution in [2.45, 2.75) is 64.2 Å². The lowest BCUT2D eigenvalue weighted by molar-refractivity contribution is -0.134. The minimum Gasteiger partial charge on any atom is -0.463 e. The molecule has 0 spiro atoms. The van der Waals surface area contributed by atoms with Crippen LogP contribution < -0.4 is 5.32 Å². The van der Waals surface area contributed by atoms with Gasteiger partial charge in [-0.25, -0.2) is 0 Å². The third-order valence-corrected chi connectivity index (χ3v) is 7.24. The Hall–Kier alpha value is -3.35. The second-order valence-electron chi connectivity index (χ2n) is 9.50. The molecule has 3 atom stereocenters. The number of fused-ring (bicyclic) bond motifs is 1. The molecule has 5 rings (SSSR count). The van der Waals surface area contributed by atoms with E-state index in [1.165, 1.54) is 6.42 Å². The van der Waals surface area contributed by atoms with E-state index in [4.69, 9.17) is 4.42 Å². The van der Waals surface area contributed by atoms with Crippen molar-refractivity contribution >= 4 is 11.8 Å². The lowest BCUT2D eigenvalue weighted by Gasteiger charge is -2.45. The molecule has 1 fully saturated rings. The average molecular weight is 447 g/mol. The monoisotopic (exact) mass is 446 g/mol. The van der Waals surface area contributed by atoms with Crippen molar-refractivity contribution in [2.24, 2.45) is 5.92 Å². The molecule has 0 bridgehead atoms. The summed E-state index contributed by atoms with van der Waals surface area (Å²) in [7, 11) is 0. The fraction of sp³-hybridized carbons (Fsp3) is 0.423. The molecule has 7 heteroatoms. The topological polar surface area (TPSA) is 80.4 Å².